The number of hydrogen-bond donors (Lipinski definition) is 3. The van der Waals surface area contributed by atoms with Gasteiger partial charge in [0.25, 0.3) is 22.9 Å². The van der Waals surface area contributed by atoms with Crippen molar-refractivity contribution in [1.29, 1.82) is 0 Å². The van der Waals surface area contributed by atoms with E-state index in [2.05, 4.69) is 58.3 Å². The van der Waals surface area contributed by atoms with Crippen LogP contribution in [0.15, 0.2) is 99.9 Å². The van der Waals surface area contributed by atoms with Crippen molar-refractivity contribution in [3.63, 3.8) is 0 Å². The molecule has 0 spiro atoms. The predicted octanol–water partition coefficient (Wildman–Crippen LogP) is 6.22. The van der Waals surface area contributed by atoms with Crippen molar-refractivity contribution in [1.82, 2.24) is 39.5 Å². The van der Waals surface area contributed by atoms with Crippen LogP contribution in [0.3, 0.4) is 0 Å². The van der Waals surface area contributed by atoms with Crippen molar-refractivity contribution in [3.05, 3.63) is 149 Å². The summed E-state index contributed by atoms with van der Waals surface area (Å²) >= 11 is 11.8. The normalized spacial score (nSPS) is 14.5. The van der Waals surface area contributed by atoms with Crippen LogP contribution in [0, 0.1) is 10.8 Å². The number of hydrogen-bond acceptors (Lipinski definition) is 10. The van der Waals surface area contributed by atoms with Gasteiger partial charge in [-0.3, -0.25) is 37.9 Å². The molecule has 6 heterocycles. The Kier molecular flexibility index (Phi) is 13.5. The standard InChI is InChI=1S/C23H22ClN7O3.C23H24ClN5O3/c1-23(2)12-30(13-23)19(32)11-31-20-16(18(28-29-25)7-8-26-20)9-17(22(31)34)21(33)27-10-14-3-5-15(24)6-4-14;1-23(2)12-28(13-23)19(30)11-29-20-16(18(25)7-8-26-20)9-17(22(29)32)21(31)27-10-14-3-5-15(24)6-4-14/h3-9H,10-13H2,1-2H3,(H,27,33);3-9H,10-13H2,1-2H3,(H2,25,26)(H,27,31). The quantitative estimate of drug-likeness (QED) is 0.0758. The van der Waals surface area contributed by atoms with Crippen molar-refractivity contribution < 1.29 is 19.2 Å². The number of nitrogens with zero attached hydrogens (tertiary/aromatic N) is 9. The summed E-state index contributed by atoms with van der Waals surface area (Å²) in [6.07, 6.45) is 2.87. The SMILES string of the molecule is CC1(C)CN(C(=O)Cn2c(=O)c(C(=O)NCc3ccc(Cl)cc3)cc3c(N)ccnc32)C1.CC1(C)CN(C(=O)Cn2c(=O)c(C(=O)NCc3ccc(Cl)cc3)cc3c(N=[N+]=[N-])ccnc32)C1. The number of amides is 4. The van der Waals surface area contributed by atoms with E-state index in [0.717, 1.165) is 15.7 Å². The molecular formula is C46H46Cl2N12O6. The number of anilines is 1. The fourth-order valence-corrected chi connectivity index (χ4v) is 8.10. The number of likely N-dealkylation sites (tertiary alicyclic amines) is 2. The van der Waals surface area contributed by atoms with Gasteiger partial charge >= 0.3 is 0 Å². The number of carbonyl (C=O) groups is 4. The molecule has 20 heteroatoms. The number of pyridine rings is 4. The van der Waals surface area contributed by atoms with Crippen molar-refractivity contribution in [3.8, 4) is 0 Å². The molecule has 0 saturated carbocycles. The first-order valence-electron chi connectivity index (χ1n) is 20.8. The number of azide groups is 1. The zero-order valence-corrected chi connectivity index (χ0v) is 38.1. The van der Waals surface area contributed by atoms with Crippen LogP contribution in [0.25, 0.3) is 32.5 Å². The van der Waals surface area contributed by atoms with Crippen molar-refractivity contribution >= 4 is 80.3 Å². The molecule has 2 aromatic carbocycles. The molecule has 2 aliphatic rings. The molecule has 4 N–H and O–H groups in total. The van der Waals surface area contributed by atoms with Crippen LogP contribution >= 0.6 is 23.2 Å². The van der Waals surface area contributed by atoms with Crippen LogP contribution in [0.1, 0.15) is 59.5 Å². The Morgan fingerprint density at radius 1 is 0.682 bits per heavy atom. The number of carbonyl (C=O) groups excluding carboxylic acids is 4. The molecule has 340 valence electrons. The van der Waals surface area contributed by atoms with Crippen LogP contribution in [-0.2, 0) is 35.8 Å². The van der Waals surface area contributed by atoms with Gasteiger partial charge in [-0.25, -0.2) is 9.97 Å². The number of benzene rings is 2. The maximum atomic E-state index is 13.3. The van der Waals surface area contributed by atoms with Gasteiger partial charge in [-0.2, -0.15) is 0 Å². The van der Waals surface area contributed by atoms with Gasteiger partial charge in [-0.15, -0.1) is 0 Å². The van der Waals surface area contributed by atoms with Gasteiger partial charge < -0.3 is 26.2 Å². The summed E-state index contributed by atoms with van der Waals surface area (Å²) in [6, 6.07) is 19.8. The molecule has 0 atom stereocenters. The zero-order valence-electron chi connectivity index (χ0n) is 36.5. The number of aromatic nitrogens is 4. The van der Waals surface area contributed by atoms with E-state index in [1.165, 1.54) is 35.2 Å². The predicted molar refractivity (Wildman–Crippen MR) is 251 cm³/mol. The van der Waals surface area contributed by atoms with Crippen molar-refractivity contribution in [2.75, 3.05) is 31.9 Å². The first kappa shape index (κ1) is 46.7. The Balaban J connectivity index is 0.000000197. The molecule has 18 nitrogen and oxygen atoms in total. The Bertz CT molecular complexity index is 3060. The molecular weight excluding hydrogens is 887 g/mol. The van der Waals surface area contributed by atoms with Gasteiger partial charge in [0.05, 0.1) is 0 Å². The van der Waals surface area contributed by atoms with Gasteiger partial charge in [-0.05, 0) is 76.0 Å². The third-order valence-electron chi connectivity index (χ3n) is 11.1. The topological polar surface area (TPSA) is 243 Å². The zero-order chi connectivity index (χ0) is 47.5. The van der Waals surface area contributed by atoms with Gasteiger partial charge in [0.2, 0.25) is 11.8 Å². The Morgan fingerprint density at radius 2 is 1.09 bits per heavy atom. The van der Waals surface area contributed by atoms with E-state index in [1.54, 1.807) is 64.4 Å². The van der Waals surface area contributed by atoms with E-state index < -0.39 is 22.9 Å². The molecule has 0 radical (unpaired) electrons. The van der Waals surface area contributed by atoms with E-state index in [4.69, 9.17) is 34.5 Å². The lowest BCUT2D eigenvalue weighted by atomic mass is 9.84. The van der Waals surface area contributed by atoms with Gasteiger partial charge in [0, 0.05) is 88.8 Å². The van der Waals surface area contributed by atoms with E-state index in [1.807, 2.05) is 0 Å². The van der Waals surface area contributed by atoms with Crippen LogP contribution < -0.4 is 27.5 Å². The van der Waals surface area contributed by atoms with E-state index in [-0.39, 0.29) is 76.9 Å². The fourth-order valence-electron chi connectivity index (χ4n) is 7.85. The Morgan fingerprint density at radius 3 is 1.52 bits per heavy atom. The molecule has 2 fully saturated rings. The number of nitrogen functional groups attached to an aromatic ring is 1. The average molecular weight is 934 g/mol. The van der Waals surface area contributed by atoms with Crippen molar-refractivity contribution in [2.24, 2.45) is 15.9 Å². The molecule has 4 amide bonds. The minimum atomic E-state index is -0.653. The number of nitrogens with one attached hydrogen (secondary N) is 2. The Hall–Kier alpha value is -7.27. The summed E-state index contributed by atoms with van der Waals surface area (Å²) in [5.74, 6) is -1.63. The second kappa shape index (κ2) is 19.1. The largest absolute Gasteiger partial charge is 0.398 e. The highest BCUT2D eigenvalue weighted by molar-refractivity contribution is 6.30. The summed E-state index contributed by atoms with van der Waals surface area (Å²) in [5, 5.41) is 11.0. The van der Waals surface area contributed by atoms with Gasteiger partial charge in [0.1, 0.15) is 35.5 Å². The first-order chi connectivity index (χ1) is 31.3. The van der Waals surface area contributed by atoms with Gasteiger partial charge in [0.15, 0.2) is 0 Å². The Labute approximate surface area is 387 Å². The maximum Gasteiger partial charge on any atom is 0.265 e. The second-order valence-corrected chi connectivity index (χ2v) is 18.6. The minimum Gasteiger partial charge on any atom is -0.398 e. The van der Waals surface area contributed by atoms with E-state index in [9.17, 15) is 28.8 Å². The molecule has 4 aromatic heterocycles. The van der Waals surface area contributed by atoms with Crippen molar-refractivity contribution in [2.45, 2.75) is 53.9 Å². The lowest BCUT2D eigenvalue weighted by Crippen LogP contribution is -2.56. The summed E-state index contributed by atoms with van der Waals surface area (Å²) in [5.41, 5.74) is 16.2. The fraction of sp³-hybridized carbons (Fsp3) is 0.304. The molecule has 2 aliphatic heterocycles. The highest BCUT2D eigenvalue weighted by Crippen LogP contribution is 2.31. The molecule has 6 aromatic rings. The highest BCUT2D eigenvalue weighted by Gasteiger charge is 2.38. The third kappa shape index (κ3) is 10.5. The number of halogens is 2. The lowest BCUT2D eigenvalue weighted by Gasteiger charge is -2.45. The lowest BCUT2D eigenvalue weighted by molar-refractivity contribution is -0.142. The number of nitrogens with two attached hydrogens (primary N) is 1. The highest BCUT2D eigenvalue weighted by atomic mass is 35.5. The van der Waals surface area contributed by atoms with E-state index in [0.29, 0.717) is 52.7 Å². The third-order valence-corrected chi connectivity index (χ3v) is 11.6. The summed E-state index contributed by atoms with van der Waals surface area (Å²) < 4.78 is 2.40. The number of rotatable bonds is 11. The average Bonchev–Trinajstić information content (AvgIpc) is 3.26. The second-order valence-electron chi connectivity index (χ2n) is 17.7. The van der Waals surface area contributed by atoms with Crippen LogP contribution in [-0.4, -0.2) is 78.7 Å². The first-order valence-corrected chi connectivity index (χ1v) is 21.6. The van der Waals surface area contributed by atoms with Gasteiger partial charge in [-0.1, -0.05) is 80.3 Å². The maximum absolute atomic E-state index is 13.3. The summed E-state index contributed by atoms with van der Waals surface area (Å²) in [7, 11) is 0. The smallest absolute Gasteiger partial charge is 0.265 e. The molecule has 2 saturated heterocycles. The van der Waals surface area contributed by atoms with Crippen LogP contribution in [0.2, 0.25) is 10.0 Å². The monoisotopic (exact) mass is 932 g/mol. The summed E-state index contributed by atoms with van der Waals surface area (Å²) in [4.78, 5) is 92.7. The van der Waals surface area contributed by atoms with E-state index >= 15 is 0 Å². The van der Waals surface area contributed by atoms with Crippen LogP contribution in [0.5, 0.6) is 0 Å². The number of fused-ring (bicyclic) bond motifs is 2. The molecule has 8 rings (SSSR count). The minimum absolute atomic E-state index is 0.0268. The van der Waals surface area contributed by atoms with Crippen LogP contribution in [0.4, 0.5) is 11.4 Å². The molecule has 0 aliphatic carbocycles. The molecule has 0 unspecified atom stereocenters. The molecule has 0 bridgehead atoms. The summed E-state index contributed by atoms with van der Waals surface area (Å²) in [6.45, 7) is 10.6. The molecule has 66 heavy (non-hydrogen) atoms.